The number of nitrogens with zero attached hydrogens (tertiary/aromatic N) is 1. The van der Waals surface area contributed by atoms with E-state index >= 15 is 0 Å². The van der Waals surface area contributed by atoms with Gasteiger partial charge in [-0.15, -0.1) is 0 Å². The summed E-state index contributed by atoms with van der Waals surface area (Å²) in [6, 6.07) is 6.03. The highest BCUT2D eigenvalue weighted by Gasteiger charge is 2.17. The Morgan fingerprint density at radius 1 is 1.24 bits per heavy atom. The van der Waals surface area contributed by atoms with Crippen molar-refractivity contribution in [2.24, 2.45) is 5.73 Å². The summed E-state index contributed by atoms with van der Waals surface area (Å²) in [4.78, 5) is 14.2. The molecule has 4 heteroatoms. The van der Waals surface area contributed by atoms with E-state index in [0.29, 0.717) is 6.54 Å². The van der Waals surface area contributed by atoms with E-state index in [1.54, 1.807) is 0 Å². The molecule has 0 aromatic heterocycles. The van der Waals surface area contributed by atoms with Crippen molar-refractivity contribution in [3.8, 4) is 5.75 Å². The number of hydrogen-bond acceptors (Lipinski definition) is 3. The van der Waals surface area contributed by atoms with Gasteiger partial charge in [-0.2, -0.15) is 0 Å². The normalized spacial score (nSPS) is 15.6. The number of rotatable bonds is 5. The van der Waals surface area contributed by atoms with Crippen molar-refractivity contribution in [2.45, 2.75) is 39.0 Å². The molecule has 1 aromatic carbocycles. The van der Waals surface area contributed by atoms with E-state index in [4.69, 9.17) is 10.5 Å². The van der Waals surface area contributed by atoms with Gasteiger partial charge in [0.1, 0.15) is 5.75 Å². The molecule has 2 N–H and O–H groups in total. The van der Waals surface area contributed by atoms with Crippen LogP contribution in [0, 0.1) is 6.92 Å². The Morgan fingerprint density at radius 2 is 1.95 bits per heavy atom. The second-order valence-electron chi connectivity index (χ2n) is 5.69. The quantitative estimate of drug-likeness (QED) is 0.905. The number of aryl methyl sites for hydroxylation is 1. The number of likely N-dealkylation sites (tertiary alicyclic amines) is 1. The van der Waals surface area contributed by atoms with Gasteiger partial charge in [0.05, 0.1) is 0 Å². The van der Waals surface area contributed by atoms with Crippen molar-refractivity contribution >= 4 is 5.91 Å². The predicted molar refractivity (Wildman–Crippen MR) is 84.5 cm³/mol. The lowest BCUT2D eigenvalue weighted by Crippen LogP contribution is -2.35. The van der Waals surface area contributed by atoms with Gasteiger partial charge in [-0.3, -0.25) is 4.79 Å². The molecule has 2 rings (SSSR count). The minimum absolute atomic E-state index is 0.0962. The second-order valence-corrected chi connectivity index (χ2v) is 5.69. The zero-order valence-corrected chi connectivity index (χ0v) is 12.9. The summed E-state index contributed by atoms with van der Waals surface area (Å²) in [5.41, 5.74) is 7.78. The summed E-state index contributed by atoms with van der Waals surface area (Å²) >= 11 is 0. The third kappa shape index (κ3) is 4.46. The van der Waals surface area contributed by atoms with Crippen molar-refractivity contribution in [1.82, 2.24) is 4.90 Å². The maximum absolute atomic E-state index is 12.3. The summed E-state index contributed by atoms with van der Waals surface area (Å²) in [5, 5.41) is 0. The number of benzene rings is 1. The van der Waals surface area contributed by atoms with E-state index in [0.717, 1.165) is 49.2 Å². The molecule has 1 aliphatic rings. The van der Waals surface area contributed by atoms with Crippen molar-refractivity contribution in [3.63, 3.8) is 0 Å². The van der Waals surface area contributed by atoms with E-state index in [-0.39, 0.29) is 12.5 Å². The number of carbonyl (C=O) groups is 1. The molecule has 0 aliphatic carbocycles. The van der Waals surface area contributed by atoms with Gasteiger partial charge >= 0.3 is 0 Å². The Bertz CT molecular complexity index is 466. The average molecular weight is 290 g/mol. The van der Waals surface area contributed by atoms with Gasteiger partial charge in [0.15, 0.2) is 6.61 Å². The van der Waals surface area contributed by atoms with Crippen LogP contribution in [0.5, 0.6) is 5.75 Å². The van der Waals surface area contributed by atoms with E-state index in [2.05, 4.69) is 0 Å². The Balaban J connectivity index is 1.97. The van der Waals surface area contributed by atoms with E-state index in [1.165, 1.54) is 12.8 Å². The average Bonchev–Trinajstić information content (AvgIpc) is 2.76. The van der Waals surface area contributed by atoms with Gasteiger partial charge in [-0.05, 0) is 43.9 Å². The summed E-state index contributed by atoms with van der Waals surface area (Å²) in [6.45, 7) is 4.45. The summed E-state index contributed by atoms with van der Waals surface area (Å²) in [7, 11) is 0. The van der Waals surface area contributed by atoms with E-state index in [1.807, 2.05) is 30.0 Å². The maximum atomic E-state index is 12.3. The van der Waals surface area contributed by atoms with Gasteiger partial charge < -0.3 is 15.4 Å². The Labute approximate surface area is 127 Å². The Hall–Kier alpha value is -1.55. The van der Waals surface area contributed by atoms with Crippen LogP contribution in [-0.4, -0.2) is 37.0 Å². The summed E-state index contributed by atoms with van der Waals surface area (Å²) in [6.07, 6.45) is 5.43. The molecule has 0 saturated carbocycles. The minimum Gasteiger partial charge on any atom is -0.483 e. The smallest absolute Gasteiger partial charge is 0.260 e. The Kier molecular flexibility index (Phi) is 6.05. The molecule has 1 amide bonds. The first-order valence-electron chi connectivity index (χ1n) is 7.91. The van der Waals surface area contributed by atoms with Gasteiger partial charge in [-0.1, -0.05) is 31.0 Å². The lowest BCUT2D eigenvalue weighted by Gasteiger charge is -2.21. The van der Waals surface area contributed by atoms with Crippen LogP contribution in [0.15, 0.2) is 18.2 Å². The molecule has 1 saturated heterocycles. The predicted octanol–water partition coefficient (Wildman–Crippen LogP) is 2.28. The first-order chi connectivity index (χ1) is 10.2. The van der Waals surface area contributed by atoms with Crippen LogP contribution in [0.25, 0.3) is 0 Å². The lowest BCUT2D eigenvalue weighted by atomic mass is 10.1. The highest BCUT2D eigenvalue weighted by atomic mass is 16.5. The van der Waals surface area contributed by atoms with E-state index in [9.17, 15) is 4.79 Å². The van der Waals surface area contributed by atoms with Crippen LogP contribution in [0.1, 0.15) is 36.8 Å². The van der Waals surface area contributed by atoms with Crippen molar-refractivity contribution in [1.29, 1.82) is 0 Å². The number of amides is 1. The fourth-order valence-corrected chi connectivity index (χ4v) is 2.82. The first kappa shape index (κ1) is 15.8. The molecular weight excluding hydrogens is 264 g/mol. The third-order valence-electron chi connectivity index (χ3n) is 4.01. The fraction of sp³-hybridized carbons (Fsp3) is 0.588. The number of para-hydroxylation sites is 1. The van der Waals surface area contributed by atoms with Crippen LogP contribution in [0.3, 0.4) is 0 Å². The fourth-order valence-electron chi connectivity index (χ4n) is 2.82. The topological polar surface area (TPSA) is 55.6 Å². The molecule has 0 atom stereocenters. The maximum Gasteiger partial charge on any atom is 0.260 e. The molecule has 1 aromatic rings. The van der Waals surface area contributed by atoms with Crippen LogP contribution in [0.4, 0.5) is 0 Å². The van der Waals surface area contributed by atoms with Crippen LogP contribution in [0.2, 0.25) is 0 Å². The molecular formula is C17H26N2O2. The number of hydrogen-bond donors (Lipinski definition) is 1. The Morgan fingerprint density at radius 3 is 2.62 bits per heavy atom. The standard InChI is InChI=1S/C17H26N2O2/c1-14-7-6-8-15(9-10-18)17(14)21-13-16(20)19-11-4-2-3-5-12-19/h6-8H,2-5,9-13,18H2,1H3. The SMILES string of the molecule is Cc1cccc(CCN)c1OCC(=O)N1CCCCCC1. The highest BCUT2D eigenvalue weighted by Crippen LogP contribution is 2.24. The van der Waals surface area contributed by atoms with Crippen LogP contribution < -0.4 is 10.5 Å². The minimum atomic E-state index is 0.0962. The van der Waals surface area contributed by atoms with Gasteiger partial charge in [0.25, 0.3) is 5.91 Å². The highest BCUT2D eigenvalue weighted by molar-refractivity contribution is 5.77. The zero-order valence-electron chi connectivity index (χ0n) is 12.9. The van der Waals surface area contributed by atoms with Crippen LogP contribution >= 0.6 is 0 Å². The molecule has 0 unspecified atom stereocenters. The lowest BCUT2D eigenvalue weighted by molar-refractivity contribution is -0.133. The molecule has 4 nitrogen and oxygen atoms in total. The molecule has 0 spiro atoms. The number of nitrogens with two attached hydrogens (primary N) is 1. The van der Waals surface area contributed by atoms with Crippen molar-refractivity contribution < 1.29 is 9.53 Å². The number of ether oxygens (including phenoxy) is 1. The van der Waals surface area contributed by atoms with Crippen molar-refractivity contribution in [3.05, 3.63) is 29.3 Å². The summed E-state index contributed by atoms with van der Waals surface area (Å²) < 4.78 is 5.83. The van der Waals surface area contributed by atoms with Crippen molar-refractivity contribution in [2.75, 3.05) is 26.2 Å². The largest absolute Gasteiger partial charge is 0.483 e. The third-order valence-corrected chi connectivity index (χ3v) is 4.01. The molecule has 21 heavy (non-hydrogen) atoms. The molecule has 1 heterocycles. The summed E-state index contributed by atoms with van der Waals surface area (Å²) in [5.74, 6) is 0.921. The van der Waals surface area contributed by atoms with Gasteiger partial charge in [-0.25, -0.2) is 0 Å². The molecule has 0 bridgehead atoms. The molecule has 0 radical (unpaired) electrons. The molecule has 1 aliphatic heterocycles. The molecule has 116 valence electrons. The zero-order chi connectivity index (χ0) is 15.1. The molecule has 1 fully saturated rings. The monoisotopic (exact) mass is 290 g/mol. The second kappa shape index (κ2) is 8.03. The van der Waals surface area contributed by atoms with Gasteiger partial charge in [0.2, 0.25) is 0 Å². The van der Waals surface area contributed by atoms with Crippen LogP contribution in [-0.2, 0) is 11.2 Å². The van der Waals surface area contributed by atoms with E-state index < -0.39 is 0 Å². The number of carbonyl (C=O) groups excluding carboxylic acids is 1. The van der Waals surface area contributed by atoms with Gasteiger partial charge in [0, 0.05) is 13.1 Å². The first-order valence-corrected chi connectivity index (χ1v) is 7.91.